The van der Waals surface area contributed by atoms with Gasteiger partial charge in [-0.1, -0.05) is 48.5 Å². The molecule has 0 aliphatic carbocycles. The number of rotatable bonds is 6. The number of nitrogens with one attached hydrogen (secondary N) is 1. The van der Waals surface area contributed by atoms with Crippen LogP contribution in [-0.2, 0) is 27.2 Å². The van der Waals surface area contributed by atoms with E-state index in [1.165, 1.54) is 7.11 Å². The zero-order valence-corrected chi connectivity index (χ0v) is 18.2. The third-order valence-corrected chi connectivity index (χ3v) is 5.48. The third kappa shape index (κ3) is 4.87. The smallest absolute Gasteiger partial charge is 0.325 e. The molecule has 0 bridgehead atoms. The molecule has 2 amide bonds. The zero-order chi connectivity index (χ0) is 23.2. The second-order valence-electron chi connectivity index (χ2n) is 7.53. The van der Waals surface area contributed by atoms with Crippen LogP contribution in [0.15, 0.2) is 72.8 Å². The summed E-state index contributed by atoms with van der Waals surface area (Å²) in [6, 6.07) is 22.1. The highest BCUT2D eigenvalue weighted by atomic mass is 16.5. The van der Waals surface area contributed by atoms with Crippen molar-refractivity contribution in [3.8, 4) is 5.75 Å². The quantitative estimate of drug-likeness (QED) is 0.589. The van der Waals surface area contributed by atoms with Crippen molar-refractivity contribution in [2.24, 2.45) is 0 Å². The number of fused-ring (bicyclic) bond motifs is 2. The molecule has 7 nitrogen and oxygen atoms in total. The first-order chi connectivity index (χ1) is 16.1. The number of hydrogen-bond donors (Lipinski definition) is 1. The van der Waals surface area contributed by atoms with Gasteiger partial charge >= 0.3 is 5.97 Å². The minimum Gasteiger partial charge on any atom is -0.496 e. The molecule has 4 rings (SSSR count). The Labute approximate surface area is 191 Å². The molecular formula is C26H24N2O5. The SMILES string of the molecule is COc1ccccc1C(=O)NCC(=O)OCC(=O)N1c2ccccc2CCc2ccccc21. The lowest BCUT2D eigenvalue weighted by Crippen LogP contribution is -2.35. The van der Waals surface area contributed by atoms with Crippen LogP contribution in [0.4, 0.5) is 11.4 Å². The van der Waals surface area contributed by atoms with Crippen molar-refractivity contribution in [3.63, 3.8) is 0 Å². The van der Waals surface area contributed by atoms with Crippen molar-refractivity contribution in [2.75, 3.05) is 25.2 Å². The molecule has 7 heteroatoms. The average Bonchev–Trinajstić information content (AvgIpc) is 3.02. The Kier molecular flexibility index (Phi) is 6.69. The molecule has 0 radical (unpaired) electrons. The monoisotopic (exact) mass is 444 g/mol. The minimum absolute atomic E-state index is 0.307. The largest absolute Gasteiger partial charge is 0.496 e. The Morgan fingerprint density at radius 1 is 0.848 bits per heavy atom. The molecule has 1 heterocycles. The van der Waals surface area contributed by atoms with Gasteiger partial charge in [0.05, 0.1) is 24.0 Å². The number of para-hydroxylation sites is 3. The lowest BCUT2D eigenvalue weighted by molar-refractivity contribution is -0.146. The molecule has 1 aliphatic rings. The molecule has 3 aromatic carbocycles. The topological polar surface area (TPSA) is 84.9 Å². The Bertz CT molecular complexity index is 1140. The first kappa shape index (κ1) is 22.1. The van der Waals surface area contributed by atoms with E-state index in [1.807, 2.05) is 48.5 Å². The molecule has 3 aromatic rings. The predicted octanol–water partition coefficient (Wildman–Crippen LogP) is 3.43. The van der Waals surface area contributed by atoms with Crippen LogP contribution in [-0.4, -0.2) is 38.0 Å². The van der Waals surface area contributed by atoms with Gasteiger partial charge in [0.15, 0.2) is 6.61 Å². The van der Waals surface area contributed by atoms with E-state index >= 15 is 0 Å². The number of benzene rings is 3. The fourth-order valence-electron chi connectivity index (χ4n) is 3.89. The van der Waals surface area contributed by atoms with Crippen LogP contribution in [0.3, 0.4) is 0 Å². The molecule has 1 N–H and O–H groups in total. The van der Waals surface area contributed by atoms with E-state index in [9.17, 15) is 14.4 Å². The van der Waals surface area contributed by atoms with Crippen LogP contribution in [0.2, 0.25) is 0 Å². The van der Waals surface area contributed by atoms with Gasteiger partial charge in [-0.3, -0.25) is 19.3 Å². The van der Waals surface area contributed by atoms with Gasteiger partial charge in [0.2, 0.25) is 0 Å². The molecule has 0 saturated carbocycles. The first-order valence-corrected chi connectivity index (χ1v) is 10.6. The lowest BCUT2D eigenvalue weighted by Gasteiger charge is -2.24. The normalized spacial score (nSPS) is 12.1. The van der Waals surface area contributed by atoms with Crippen LogP contribution in [0.1, 0.15) is 21.5 Å². The number of hydrogen-bond acceptors (Lipinski definition) is 5. The number of carbonyl (C=O) groups is 3. The van der Waals surface area contributed by atoms with Crippen LogP contribution in [0.5, 0.6) is 5.75 Å². The molecule has 0 spiro atoms. The standard InChI is InChI=1S/C26H24N2O5/c1-32-23-13-7-4-10-20(23)26(31)27-16-25(30)33-17-24(29)28-21-11-5-2-8-18(21)14-15-19-9-3-6-12-22(19)28/h2-13H,14-17H2,1H3,(H,27,31). The second-order valence-corrected chi connectivity index (χ2v) is 7.53. The van der Waals surface area contributed by atoms with Crippen molar-refractivity contribution >= 4 is 29.2 Å². The summed E-state index contributed by atoms with van der Waals surface area (Å²) < 4.78 is 10.4. The maximum atomic E-state index is 13.2. The van der Waals surface area contributed by atoms with Gasteiger partial charge < -0.3 is 14.8 Å². The van der Waals surface area contributed by atoms with Crippen molar-refractivity contribution in [3.05, 3.63) is 89.5 Å². The van der Waals surface area contributed by atoms with Crippen molar-refractivity contribution in [1.29, 1.82) is 0 Å². The van der Waals surface area contributed by atoms with Gasteiger partial charge in [0.1, 0.15) is 12.3 Å². The Morgan fingerprint density at radius 2 is 1.42 bits per heavy atom. The number of methoxy groups -OCH3 is 1. The summed E-state index contributed by atoms with van der Waals surface area (Å²) >= 11 is 0. The average molecular weight is 444 g/mol. The number of ether oxygens (including phenoxy) is 2. The fraction of sp³-hybridized carbons (Fsp3) is 0.192. The Morgan fingerprint density at radius 3 is 2.06 bits per heavy atom. The number of nitrogens with zero attached hydrogens (tertiary/aromatic N) is 1. The van der Waals surface area contributed by atoms with Gasteiger partial charge in [0.25, 0.3) is 11.8 Å². The minimum atomic E-state index is -0.706. The van der Waals surface area contributed by atoms with Crippen LogP contribution >= 0.6 is 0 Å². The van der Waals surface area contributed by atoms with E-state index in [-0.39, 0.29) is 12.5 Å². The van der Waals surface area contributed by atoms with Crippen LogP contribution in [0, 0.1) is 0 Å². The second kappa shape index (κ2) is 9.99. The van der Waals surface area contributed by atoms with Gasteiger partial charge in [-0.05, 0) is 48.2 Å². The summed E-state index contributed by atoms with van der Waals surface area (Å²) in [6.45, 7) is -0.802. The summed E-state index contributed by atoms with van der Waals surface area (Å²) in [7, 11) is 1.46. The van der Waals surface area contributed by atoms with Crippen LogP contribution < -0.4 is 15.0 Å². The van der Waals surface area contributed by atoms with E-state index in [0.29, 0.717) is 11.3 Å². The zero-order valence-electron chi connectivity index (χ0n) is 18.2. The van der Waals surface area contributed by atoms with E-state index in [4.69, 9.17) is 9.47 Å². The van der Waals surface area contributed by atoms with E-state index in [0.717, 1.165) is 35.3 Å². The summed E-state index contributed by atoms with van der Waals surface area (Å²) in [5.74, 6) is -1.13. The van der Waals surface area contributed by atoms with Gasteiger partial charge in [-0.2, -0.15) is 0 Å². The molecule has 0 aromatic heterocycles. The summed E-state index contributed by atoms with van der Waals surface area (Å²) in [6.07, 6.45) is 1.62. The number of amides is 2. The Hall–Kier alpha value is -4.13. The summed E-state index contributed by atoms with van der Waals surface area (Å²) in [4.78, 5) is 39.4. The molecule has 1 aliphatic heterocycles. The van der Waals surface area contributed by atoms with Gasteiger partial charge in [-0.25, -0.2) is 0 Å². The molecule has 33 heavy (non-hydrogen) atoms. The number of aryl methyl sites for hydroxylation is 2. The lowest BCUT2D eigenvalue weighted by atomic mass is 10.0. The molecule has 168 valence electrons. The number of esters is 1. The number of anilines is 2. The maximum absolute atomic E-state index is 13.2. The van der Waals surface area contributed by atoms with Crippen molar-refractivity contribution in [1.82, 2.24) is 5.32 Å². The Balaban J connectivity index is 1.42. The first-order valence-electron chi connectivity index (χ1n) is 10.6. The van der Waals surface area contributed by atoms with E-state index in [2.05, 4.69) is 5.32 Å². The highest BCUT2D eigenvalue weighted by Gasteiger charge is 2.26. The number of carbonyl (C=O) groups excluding carboxylic acids is 3. The third-order valence-electron chi connectivity index (χ3n) is 5.48. The maximum Gasteiger partial charge on any atom is 0.325 e. The summed E-state index contributed by atoms with van der Waals surface area (Å²) in [5.41, 5.74) is 3.98. The van der Waals surface area contributed by atoms with Crippen molar-refractivity contribution < 1.29 is 23.9 Å². The van der Waals surface area contributed by atoms with E-state index in [1.54, 1.807) is 29.2 Å². The van der Waals surface area contributed by atoms with E-state index < -0.39 is 18.5 Å². The van der Waals surface area contributed by atoms with Crippen molar-refractivity contribution in [2.45, 2.75) is 12.8 Å². The highest BCUT2D eigenvalue weighted by molar-refractivity contribution is 6.04. The predicted molar refractivity (Wildman–Crippen MR) is 124 cm³/mol. The van der Waals surface area contributed by atoms with Crippen LogP contribution in [0.25, 0.3) is 0 Å². The highest BCUT2D eigenvalue weighted by Crippen LogP contribution is 2.35. The molecule has 0 atom stereocenters. The molecule has 0 fully saturated rings. The van der Waals surface area contributed by atoms with Gasteiger partial charge in [-0.15, -0.1) is 0 Å². The molecule has 0 unspecified atom stereocenters. The summed E-state index contributed by atoms with van der Waals surface area (Å²) in [5, 5.41) is 2.50. The molecule has 0 saturated heterocycles. The van der Waals surface area contributed by atoms with Gasteiger partial charge in [0, 0.05) is 0 Å². The fourth-order valence-corrected chi connectivity index (χ4v) is 3.89. The molecular weight excluding hydrogens is 420 g/mol.